The van der Waals surface area contributed by atoms with Crippen LogP contribution in [0.25, 0.3) is 0 Å². The molecular weight excluding hydrogens is 226 g/mol. The largest absolute Gasteiger partial charge is 0.368 e. The molecule has 0 heterocycles. The molecule has 0 bridgehead atoms. The summed E-state index contributed by atoms with van der Waals surface area (Å²) in [5.41, 5.74) is 5.00. The van der Waals surface area contributed by atoms with E-state index in [0.717, 1.165) is 25.8 Å². The molecule has 0 aromatic rings. The van der Waals surface area contributed by atoms with Crippen LogP contribution in [-0.2, 0) is 4.79 Å². The van der Waals surface area contributed by atoms with E-state index in [0.29, 0.717) is 12.1 Å². The fourth-order valence-corrected chi connectivity index (χ4v) is 2.44. The van der Waals surface area contributed by atoms with Crippen LogP contribution in [0.15, 0.2) is 0 Å². The van der Waals surface area contributed by atoms with Gasteiger partial charge < -0.3 is 16.0 Å². The van der Waals surface area contributed by atoms with E-state index >= 15 is 0 Å². The summed E-state index contributed by atoms with van der Waals surface area (Å²) < 4.78 is 0. The van der Waals surface area contributed by atoms with Crippen molar-refractivity contribution in [3.63, 3.8) is 0 Å². The van der Waals surface area contributed by atoms with Gasteiger partial charge in [-0.1, -0.05) is 13.8 Å². The second-order valence-corrected chi connectivity index (χ2v) is 5.82. The van der Waals surface area contributed by atoms with Gasteiger partial charge in [-0.3, -0.25) is 4.79 Å². The first-order valence-corrected chi connectivity index (χ1v) is 7.20. The Bertz CT molecular complexity index is 274. The Morgan fingerprint density at radius 2 is 2.00 bits per heavy atom. The summed E-state index contributed by atoms with van der Waals surface area (Å²) in [6.07, 6.45) is 5.43. The van der Waals surface area contributed by atoms with E-state index in [9.17, 15) is 4.79 Å². The molecule has 1 aliphatic rings. The third-order valence-electron chi connectivity index (χ3n) is 4.17. The zero-order chi connectivity index (χ0) is 13.8. The molecule has 106 valence electrons. The van der Waals surface area contributed by atoms with Gasteiger partial charge >= 0.3 is 0 Å². The van der Waals surface area contributed by atoms with E-state index < -0.39 is 5.54 Å². The molecule has 1 atom stereocenters. The van der Waals surface area contributed by atoms with E-state index in [4.69, 9.17) is 5.73 Å². The Labute approximate surface area is 111 Å². The van der Waals surface area contributed by atoms with Gasteiger partial charge in [-0.2, -0.15) is 0 Å². The number of rotatable bonds is 9. The minimum atomic E-state index is -0.554. The third kappa shape index (κ3) is 4.25. The topological polar surface area (TPSA) is 58.4 Å². The van der Waals surface area contributed by atoms with Crippen LogP contribution in [0, 0.1) is 0 Å². The molecule has 1 rings (SSSR count). The minimum Gasteiger partial charge on any atom is -0.368 e. The number of nitrogens with one attached hydrogen (secondary N) is 1. The Morgan fingerprint density at radius 1 is 1.44 bits per heavy atom. The lowest BCUT2D eigenvalue weighted by Gasteiger charge is -2.32. The smallest absolute Gasteiger partial charge is 0.237 e. The normalized spacial score (nSPS) is 19.2. The summed E-state index contributed by atoms with van der Waals surface area (Å²) in [6, 6.07) is 1.10. The Kier molecular flexibility index (Phi) is 5.60. The first kappa shape index (κ1) is 15.4. The molecule has 0 aliphatic heterocycles. The highest BCUT2D eigenvalue weighted by Crippen LogP contribution is 2.24. The molecule has 0 spiro atoms. The Hall–Kier alpha value is -0.610. The van der Waals surface area contributed by atoms with Gasteiger partial charge in [0.2, 0.25) is 5.91 Å². The van der Waals surface area contributed by atoms with Crippen molar-refractivity contribution < 1.29 is 4.79 Å². The zero-order valence-corrected chi connectivity index (χ0v) is 12.3. The number of carbonyl (C=O) groups is 1. The van der Waals surface area contributed by atoms with Crippen molar-refractivity contribution >= 4 is 5.91 Å². The molecule has 1 saturated carbocycles. The highest BCUT2D eigenvalue weighted by Gasteiger charge is 2.36. The number of hydrogen-bond acceptors (Lipinski definition) is 3. The van der Waals surface area contributed by atoms with Crippen molar-refractivity contribution in [2.75, 3.05) is 13.6 Å². The number of amides is 1. The molecule has 1 aliphatic carbocycles. The van der Waals surface area contributed by atoms with Crippen LogP contribution in [0.2, 0.25) is 0 Å². The Morgan fingerprint density at radius 3 is 2.39 bits per heavy atom. The van der Waals surface area contributed by atoms with Crippen LogP contribution in [0.1, 0.15) is 52.9 Å². The molecule has 1 fully saturated rings. The first-order chi connectivity index (χ1) is 8.42. The number of nitrogens with zero attached hydrogens (tertiary/aromatic N) is 1. The van der Waals surface area contributed by atoms with Gasteiger partial charge in [0.25, 0.3) is 0 Å². The maximum absolute atomic E-state index is 11.6. The van der Waals surface area contributed by atoms with Crippen molar-refractivity contribution in [2.24, 2.45) is 5.73 Å². The van der Waals surface area contributed by atoms with Crippen LogP contribution in [0.5, 0.6) is 0 Å². The minimum absolute atomic E-state index is 0.229. The molecule has 1 unspecified atom stereocenters. The Balaban J connectivity index is 2.48. The van der Waals surface area contributed by atoms with Gasteiger partial charge in [0.15, 0.2) is 0 Å². The van der Waals surface area contributed by atoms with E-state index in [1.165, 1.54) is 12.8 Å². The summed E-state index contributed by atoms with van der Waals surface area (Å²) >= 11 is 0. The lowest BCUT2D eigenvalue weighted by molar-refractivity contribution is -0.124. The molecule has 0 radical (unpaired) electrons. The van der Waals surface area contributed by atoms with Crippen molar-refractivity contribution in [3.8, 4) is 0 Å². The molecule has 0 aromatic heterocycles. The monoisotopic (exact) mass is 255 g/mol. The molecule has 4 heteroatoms. The molecule has 4 nitrogen and oxygen atoms in total. The molecule has 3 N–H and O–H groups in total. The predicted octanol–water partition coefficient (Wildman–Crippen LogP) is 1.49. The first-order valence-electron chi connectivity index (χ1n) is 7.20. The molecular formula is C14H29N3O. The number of hydrogen-bond donors (Lipinski definition) is 2. The number of carbonyl (C=O) groups excluding carboxylic acids is 1. The van der Waals surface area contributed by atoms with Crippen LogP contribution in [-0.4, -0.2) is 42.0 Å². The maximum Gasteiger partial charge on any atom is 0.237 e. The van der Waals surface area contributed by atoms with E-state index in [1.807, 2.05) is 6.92 Å². The van der Waals surface area contributed by atoms with Crippen molar-refractivity contribution in [2.45, 2.75) is 70.5 Å². The summed E-state index contributed by atoms with van der Waals surface area (Å²) in [6.45, 7) is 7.26. The highest BCUT2D eigenvalue weighted by atomic mass is 16.1. The van der Waals surface area contributed by atoms with Gasteiger partial charge in [-0.25, -0.2) is 0 Å². The molecule has 0 saturated heterocycles. The molecule has 1 amide bonds. The summed E-state index contributed by atoms with van der Waals surface area (Å²) in [5, 5.41) is 3.40. The van der Waals surface area contributed by atoms with E-state index in [2.05, 4.69) is 31.1 Å². The van der Waals surface area contributed by atoms with Crippen molar-refractivity contribution in [3.05, 3.63) is 0 Å². The fraction of sp³-hybridized carbons (Fsp3) is 0.929. The number of primary amides is 1. The van der Waals surface area contributed by atoms with E-state index in [1.54, 1.807) is 0 Å². The third-order valence-corrected chi connectivity index (χ3v) is 4.17. The van der Waals surface area contributed by atoms with Gasteiger partial charge in [0, 0.05) is 18.6 Å². The standard InChI is InChI=1S/C14H29N3O/c1-5-12(6-2)17(4)10-9-14(3,13(15)18)16-11-7-8-11/h11-12,16H,5-10H2,1-4H3,(H2,15,18). The summed E-state index contributed by atoms with van der Waals surface area (Å²) in [7, 11) is 2.14. The van der Waals surface area contributed by atoms with Gasteiger partial charge in [0.1, 0.15) is 0 Å². The van der Waals surface area contributed by atoms with E-state index in [-0.39, 0.29) is 5.91 Å². The summed E-state index contributed by atoms with van der Waals surface area (Å²) in [4.78, 5) is 14.0. The van der Waals surface area contributed by atoms with Crippen LogP contribution < -0.4 is 11.1 Å². The van der Waals surface area contributed by atoms with Crippen LogP contribution >= 0.6 is 0 Å². The summed E-state index contributed by atoms with van der Waals surface area (Å²) in [5.74, 6) is -0.229. The number of nitrogens with two attached hydrogens (primary N) is 1. The van der Waals surface area contributed by atoms with Gasteiger partial charge in [0.05, 0.1) is 5.54 Å². The van der Waals surface area contributed by atoms with Gasteiger partial charge in [-0.05, 0) is 46.1 Å². The average molecular weight is 255 g/mol. The van der Waals surface area contributed by atoms with Crippen LogP contribution in [0.3, 0.4) is 0 Å². The zero-order valence-electron chi connectivity index (χ0n) is 12.3. The maximum atomic E-state index is 11.6. The quantitative estimate of drug-likeness (QED) is 0.656. The predicted molar refractivity (Wildman–Crippen MR) is 75.4 cm³/mol. The second kappa shape index (κ2) is 6.53. The SMILES string of the molecule is CCC(CC)N(C)CCC(C)(NC1CC1)C(N)=O. The van der Waals surface area contributed by atoms with Crippen molar-refractivity contribution in [1.82, 2.24) is 10.2 Å². The lowest BCUT2D eigenvalue weighted by Crippen LogP contribution is -2.55. The molecule has 0 aromatic carbocycles. The fourth-order valence-electron chi connectivity index (χ4n) is 2.44. The van der Waals surface area contributed by atoms with Gasteiger partial charge in [-0.15, -0.1) is 0 Å². The highest BCUT2D eigenvalue weighted by molar-refractivity contribution is 5.84. The molecule has 18 heavy (non-hydrogen) atoms. The second-order valence-electron chi connectivity index (χ2n) is 5.82. The average Bonchev–Trinajstić information content (AvgIpc) is 3.11. The van der Waals surface area contributed by atoms with Crippen molar-refractivity contribution in [1.29, 1.82) is 0 Å². The van der Waals surface area contributed by atoms with Crippen LogP contribution in [0.4, 0.5) is 0 Å². The lowest BCUT2D eigenvalue weighted by atomic mass is 9.95.